The number of nitrogens with two attached hydrogens (primary N) is 1. The largest absolute Gasteiger partial charge is 0.491 e. The van der Waals surface area contributed by atoms with Gasteiger partial charge in [-0.05, 0) is 24.3 Å². The number of primary sulfonamides is 1. The number of hydrogen-bond acceptors (Lipinski definition) is 4. The number of thioether (sulfide) groups is 1. The number of rotatable bonds is 6. The Morgan fingerprint density at radius 3 is 2.29 bits per heavy atom. The van der Waals surface area contributed by atoms with Crippen molar-refractivity contribution in [3.05, 3.63) is 54.1 Å². The molecule has 0 bridgehead atoms. The molecule has 2 aromatic carbocycles. The lowest BCUT2D eigenvalue weighted by molar-refractivity contribution is -0.139. The van der Waals surface area contributed by atoms with Gasteiger partial charge in [0.15, 0.2) is 5.75 Å². The van der Waals surface area contributed by atoms with Crippen LogP contribution in [0, 0.1) is 0 Å². The van der Waals surface area contributed by atoms with Crippen molar-refractivity contribution in [2.45, 2.75) is 16.0 Å². The Kier molecular flexibility index (Phi) is 5.79. The molecule has 0 saturated carbocycles. The molecule has 4 nitrogen and oxygen atoms in total. The molecule has 0 aliphatic rings. The van der Waals surface area contributed by atoms with Crippen LogP contribution in [0.3, 0.4) is 0 Å². The first-order valence-corrected chi connectivity index (χ1v) is 9.26. The first-order chi connectivity index (χ1) is 11.2. The SMILES string of the molecule is NS(=O)(=O)c1cccc(C(F)(F)F)c1OCCSc1ccccc1. The minimum atomic E-state index is -4.75. The Bertz CT molecular complexity index is 793. The predicted octanol–water partition coefficient (Wildman–Crippen LogP) is 3.52. The number of halogens is 3. The Hall–Kier alpha value is -1.71. The van der Waals surface area contributed by atoms with Crippen LogP contribution in [0.25, 0.3) is 0 Å². The lowest BCUT2D eigenvalue weighted by Gasteiger charge is -2.16. The lowest BCUT2D eigenvalue weighted by Crippen LogP contribution is -2.18. The lowest BCUT2D eigenvalue weighted by atomic mass is 10.2. The van der Waals surface area contributed by atoms with Crippen molar-refractivity contribution in [2.24, 2.45) is 5.14 Å². The molecule has 2 rings (SSSR count). The molecule has 0 fully saturated rings. The summed E-state index contributed by atoms with van der Waals surface area (Å²) in [6, 6.07) is 11.9. The summed E-state index contributed by atoms with van der Waals surface area (Å²) in [5.74, 6) is -0.415. The highest BCUT2D eigenvalue weighted by molar-refractivity contribution is 7.99. The highest BCUT2D eigenvalue weighted by Gasteiger charge is 2.36. The number of alkyl halides is 3. The molecule has 0 aliphatic carbocycles. The molecule has 2 N–H and O–H groups in total. The van der Waals surface area contributed by atoms with E-state index in [1.807, 2.05) is 30.3 Å². The molecule has 0 saturated heterocycles. The maximum absolute atomic E-state index is 13.1. The second-order valence-electron chi connectivity index (χ2n) is 4.69. The molecule has 0 aliphatic heterocycles. The Morgan fingerprint density at radius 1 is 1.04 bits per heavy atom. The van der Waals surface area contributed by atoms with Gasteiger partial charge in [0, 0.05) is 10.6 Å². The second kappa shape index (κ2) is 7.45. The van der Waals surface area contributed by atoms with Gasteiger partial charge in [-0.3, -0.25) is 0 Å². The standard InChI is InChI=1S/C15H14F3NO3S2/c16-15(17,18)12-7-4-8-13(24(19,20)21)14(12)22-9-10-23-11-5-2-1-3-6-11/h1-8H,9-10H2,(H2,19,20,21). The summed E-state index contributed by atoms with van der Waals surface area (Å²) in [5.41, 5.74) is -1.17. The molecule has 2 aromatic rings. The third kappa shape index (κ3) is 4.89. The zero-order chi connectivity index (χ0) is 17.8. The molecular weight excluding hydrogens is 363 g/mol. The molecule has 24 heavy (non-hydrogen) atoms. The fourth-order valence-electron chi connectivity index (χ4n) is 1.93. The summed E-state index contributed by atoms with van der Waals surface area (Å²) in [6.07, 6.45) is -4.75. The number of sulfonamides is 1. The quantitative estimate of drug-likeness (QED) is 0.618. The Morgan fingerprint density at radius 2 is 1.71 bits per heavy atom. The first kappa shape index (κ1) is 18.6. The van der Waals surface area contributed by atoms with Gasteiger partial charge in [-0.1, -0.05) is 24.3 Å². The summed E-state index contributed by atoms with van der Waals surface area (Å²) in [5, 5.41) is 4.98. The van der Waals surface area contributed by atoms with Gasteiger partial charge < -0.3 is 4.74 Å². The molecule has 9 heteroatoms. The Balaban J connectivity index is 2.18. The summed E-state index contributed by atoms with van der Waals surface area (Å²) in [4.78, 5) is 0.249. The van der Waals surface area contributed by atoms with E-state index in [1.54, 1.807) is 0 Å². The summed E-state index contributed by atoms with van der Waals surface area (Å²) >= 11 is 1.38. The average molecular weight is 377 g/mol. The zero-order valence-electron chi connectivity index (χ0n) is 12.3. The van der Waals surface area contributed by atoms with Crippen molar-refractivity contribution in [3.8, 4) is 5.75 Å². The molecule has 0 atom stereocenters. The van der Waals surface area contributed by atoms with Crippen molar-refractivity contribution in [1.82, 2.24) is 0 Å². The molecule has 0 heterocycles. The third-order valence-electron chi connectivity index (χ3n) is 2.93. The van der Waals surface area contributed by atoms with Crippen LogP contribution in [-0.4, -0.2) is 20.8 Å². The first-order valence-electron chi connectivity index (χ1n) is 6.73. The van der Waals surface area contributed by atoms with E-state index >= 15 is 0 Å². The smallest absolute Gasteiger partial charge is 0.420 e. The molecule has 0 spiro atoms. The minimum Gasteiger partial charge on any atom is -0.491 e. The van der Waals surface area contributed by atoms with Gasteiger partial charge in [-0.15, -0.1) is 11.8 Å². The van der Waals surface area contributed by atoms with Crippen LogP contribution in [0.2, 0.25) is 0 Å². The van der Waals surface area contributed by atoms with Gasteiger partial charge in [0.25, 0.3) is 0 Å². The highest BCUT2D eigenvalue weighted by Crippen LogP contribution is 2.39. The van der Waals surface area contributed by atoms with Crippen molar-refractivity contribution < 1.29 is 26.3 Å². The van der Waals surface area contributed by atoms with E-state index in [2.05, 4.69) is 0 Å². The number of ether oxygens (including phenoxy) is 1. The van der Waals surface area contributed by atoms with Crippen LogP contribution in [0.4, 0.5) is 13.2 Å². The average Bonchev–Trinajstić information content (AvgIpc) is 2.50. The molecular formula is C15H14F3NO3S2. The van der Waals surface area contributed by atoms with E-state index in [1.165, 1.54) is 11.8 Å². The fourth-order valence-corrected chi connectivity index (χ4v) is 3.38. The molecule has 0 radical (unpaired) electrons. The molecule has 0 unspecified atom stereocenters. The van der Waals surface area contributed by atoms with Gasteiger partial charge in [-0.2, -0.15) is 13.2 Å². The van der Waals surface area contributed by atoms with Gasteiger partial charge in [0.05, 0.1) is 12.2 Å². The summed E-state index contributed by atoms with van der Waals surface area (Å²) < 4.78 is 67.4. The normalized spacial score (nSPS) is 12.2. The van der Waals surface area contributed by atoms with Gasteiger partial charge in [0.1, 0.15) is 4.90 Å². The zero-order valence-corrected chi connectivity index (χ0v) is 13.9. The Labute approximate surface area is 141 Å². The summed E-state index contributed by atoms with van der Waals surface area (Å²) in [6.45, 7) is -0.102. The van der Waals surface area contributed by atoms with E-state index in [-0.39, 0.29) is 6.61 Å². The van der Waals surface area contributed by atoms with Crippen LogP contribution >= 0.6 is 11.8 Å². The van der Waals surface area contributed by atoms with Crippen LogP contribution in [0.5, 0.6) is 5.75 Å². The van der Waals surface area contributed by atoms with E-state index in [9.17, 15) is 21.6 Å². The third-order valence-corrected chi connectivity index (χ3v) is 4.84. The number of para-hydroxylation sites is 1. The van der Waals surface area contributed by atoms with Crippen molar-refractivity contribution in [2.75, 3.05) is 12.4 Å². The fraction of sp³-hybridized carbons (Fsp3) is 0.200. The van der Waals surface area contributed by atoms with Gasteiger partial charge in [0.2, 0.25) is 10.0 Å². The van der Waals surface area contributed by atoms with E-state index in [4.69, 9.17) is 9.88 Å². The van der Waals surface area contributed by atoms with Crippen LogP contribution in [0.15, 0.2) is 58.3 Å². The van der Waals surface area contributed by atoms with Crippen LogP contribution < -0.4 is 9.88 Å². The number of hydrogen-bond donors (Lipinski definition) is 1. The summed E-state index contributed by atoms with van der Waals surface area (Å²) in [7, 11) is -4.34. The van der Waals surface area contributed by atoms with Crippen molar-refractivity contribution >= 4 is 21.8 Å². The topological polar surface area (TPSA) is 69.4 Å². The highest BCUT2D eigenvalue weighted by atomic mass is 32.2. The van der Waals surface area contributed by atoms with Gasteiger partial charge >= 0.3 is 6.18 Å². The van der Waals surface area contributed by atoms with Crippen molar-refractivity contribution in [3.63, 3.8) is 0 Å². The second-order valence-corrected chi connectivity index (χ2v) is 7.38. The molecule has 0 amide bonds. The van der Waals surface area contributed by atoms with E-state index < -0.39 is 32.4 Å². The van der Waals surface area contributed by atoms with Crippen LogP contribution in [-0.2, 0) is 16.2 Å². The molecule has 0 aromatic heterocycles. The van der Waals surface area contributed by atoms with E-state index in [0.29, 0.717) is 5.75 Å². The van der Waals surface area contributed by atoms with E-state index in [0.717, 1.165) is 23.1 Å². The maximum atomic E-state index is 13.1. The van der Waals surface area contributed by atoms with Crippen LogP contribution in [0.1, 0.15) is 5.56 Å². The maximum Gasteiger partial charge on any atom is 0.420 e. The minimum absolute atomic E-state index is 0.102. The van der Waals surface area contributed by atoms with Gasteiger partial charge in [-0.25, -0.2) is 13.6 Å². The predicted molar refractivity (Wildman–Crippen MR) is 85.5 cm³/mol. The van der Waals surface area contributed by atoms with Crippen molar-refractivity contribution in [1.29, 1.82) is 0 Å². The molecule has 130 valence electrons. The monoisotopic (exact) mass is 377 g/mol. The number of benzene rings is 2.